The number of carbonyl (C=O) groups excluding carboxylic acids is 2. The summed E-state index contributed by atoms with van der Waals surface area (Å²) in [7, 11) is 0. The molecule has 6 nitrogen and oxygen atoms in total. The van der Waals surface area contributed by atoms with E-state index in [1.807, 2.05) is 20.8 Å². The first-order valence-corrected chi connectivity index (χ1v) is 13.2. The Morgan fingerprint density at radius 3 is 2.50 bits per heavy atom. The van der Waals surface area contributed by atoms with Crippen molar-refractivity contribution in [2.24, 2.45) is 5.92 Å². The van der Waals surface area contributed by atoms with Gasteiger partial charge in [0.15, 0.2) is 0 Å². The van der Waals surface area contributed by atoms with Crippen LogP contribution in [0.3, 0.4) is 0 Å². The largest absolute Gasteiger partial charge is 0.460 e. The van der Waals surface area contributed by atoms with E-state index in [4.69, 9.17) is 9.47 Å². The maximum absolute atomic E-state index is 13.7. The van der Waals surface area contributed by atoms with E-state index < -0.39 is 11.0 Å². The normalized spacial score (nSPS) is 26.0. The van der Waals surface area contributed by atoms with Crippen LogP contribution >= 0.6 is 0 Å². The molecular formula is C28H42N2O4. The Morgan fingerprint density at radius 2 is 1.85 bits per heavy atom. The van der Waals surface area contributed by atoms with Gasteiger partial charge in [0, 0.05) is 13.1 Å². The molecule has 3 heterocycles. The molecule has 5 rings (SSSR count). The lowest BCUT2D eigenvalue weighted by molar-refractivity contribution is -0.167. The van der Waals surface area contributed by atoms with Gasteiger partial charge < -0.3 is 14.8 Å². The van der Waals surface area contributed by atoms with E-state index in [1.165, 1.54) is 12.0 Å². The molecule has 4 fully saturated rings. The molecule has 3 aliphatic heterocycles. The van der Waals surface area contributed by atoms with E-state index >= 15 is 0 Å². The summed E-state index contributed by atoms with van der Waals surface area (Å²) in [5.41, 5.74) is 1.30. The molecule has 0 aromatic heterocycles. The van der Waals surface area contributed by atoms with Crippen LogP contribution < -0.4 is 5.32 Å². The minimum absolute atomic E-state index is 0.00491. The molecule has 34 heavy (non-hydrogen) atoms. The molecule has 0 radical (unpaired) electrons. The Hall–Kier alpha value is -2.08. The number of rotatable bonds is 7. The third-order valence-corrected chi connectivity index (χ3v) is 7.74. The topological polar surface area (TPSA) is 67.9 Å². The van der Waals surface area contributed by atoms with Crippen LogP contribution in [-0.4, -0.2) is 54.8 Å². The lowest BCUT2D eigenvalue weighted by Gasteiger charge is -2.45. The molecular weight excluding hydrogens is 428 g/mol. The number of hydrogen-bond acceptors (Lipinski definition) is 5. The molecule has 1 unspecified atom stereocenters. The van der Waals surface area contributed by atoms with Gasteiger partial charge in [-0.15, -0.1) is 0 Å². The number of carbonyl (C=O) groups is 2. The highest BCUT2D eigenvalue weighted by atomic mass is 16.6. The number of hydrogen-bond donors (Lipinski definition) is 1. The van der Waals surface area contributed by atoms with E-state index in [-0.39, 0.29) is 18.2 Å². The number of alkyl carbamates (subject to hydrolysis) is 1. The average molecular weight is 471 g/mol. The maximum atomic E-state index is 13.7. The highest BCUT2D eigenvalue weighted by Crippen LogP contribution is 2.42. The van der Waals surface area contributed by atoms with Crippen molar-refractivity contribution in [3.63, 3.8) is 0 Å². The molecule has 4 aliphatic rings. The number of aryl methyl sites for hydroxylation is 1. The molecule has 188 valence electrons. The van der Waals surface area contributed by atoms with Crippen LogP contribution in [0.15, 0.2) is 24.3 Å². The van der Waals surface area contributed by atoms with Crippen LogP contribution in [0.1, 0.15) is 83.3 Å². The zero-order valence-corrected chi connectivity index (χ0v) is 21.2. The number of fused-ring (bicyclic) bond motifs is 3. The van der Waals surface area contributed by atoms with Crippen molar-refractivity contribution >= 4 is 12.1 Å². The number of benzene rings is 1. The zero-order valence-electron chi connectivity index (χ0n) is 21.2. The molecule has 3 saturated heterocycles. The second kappa shape index (κ2) is 10.7. The second-order valence-electron chi connectivity index (χ2n) is 11.5. The van der Waals surface area contributed by atoms with E-state index in [9.17, 15) is 9.59 Å². The van der Waals surface area contributed by atoms with E-state index in [0.29, 0.717) is 12.5 Å². The molecule has 0 spiro atoms. The number of ether oxygens (including phenoxy) is 2. The number of amides is 1. The smallest absolute Gasteiger partial charge is 0.407 e. The quantitative estimate of drug-likeness (QED) is 0.449. The van der Waals surface area contributed by atoms with Crippen molar-refractivity contribution in [3.8, 4) is 0 Å². The van der Waals surface area contributed by atoms with Gasteiger partial charge in [-0.3, -0.25) is 9.69 Å². The van der Waals surface area contributed by atoms with Crippen molar-refractivity contribution in [1.29, 1.82) is 0 Å². The molecule has 1 N–H and O–H groups in total. The van der Waals surface area contributed by atoms with Crippen molar-refractivity contribution in [1.82, 2.24) is 10.2 Å². The Morgan fingerprint density at radius 1 is 1.12 bits per heavy atom. The van der Waals surface area contributed by atoms with Gasteiger partial charge in [0.05, 0.1) is 5.41 Å². The standard InChI is InChI=1S/C28H42N2O4/c1-27(2,3)34-26(32)29-16-8-10-21-9-7-11-23(19-21)28(14-5-4-6-15-28)25(31)33-24-20-30-17-12-22(24)13-18-30/h7,9,11,19,22,24H,4-6,8,10,12-18,20H2,1-3H3,(H,29,32). The van der Waals surface area contributed by atoms with Crippen molar-refractivity contribution in [2.45, 2.75) is 95.7 Å². The highest BCUT2D eigenvalue weighted by molar-refractivity contribution is 5.83. The molecule has 1 aliphatic carbocycles. The first-order valence-electron chi connectivity index (χ1n) is 13.2. The molecule has 2 bridgehead atoms. The van der Waals surface area contributed by atoms with E-state index in [2.05, 4.69) is 34.5 Å². The van der Waals surface area contributed by atoms with E-state index in [1.54, 1.807) is 0 Å². The molecule has 1 aromatic carbocycles. The summed E-state index contributed by atoms with van der Waals surface area (Å²) in [5.74, 6) is 0.521. The van der Waals surface area contributed by atoms with Crippen LogP contribution in [0, 0.1) is 5.92 Å². The Balaban J connectivity index is 1.39. The van der Waals surface area contributed by atoms with Crippen LogP contribution in [0.5, 0.6) is 0 Å². The fourth-order valence-corrected chi connectivity index (χ4v) is 5.88. The summed E-state index contributed by atoms with van der Waals surface area (Å²) in [6.45, 7) is 9.34. The van der Waals surface area contributed by atoms with Crippen molar-refractivity contribution in [3.05, 3.63) is 35.4 Å². The van der Waals surface area contributed by atoms with Gasteiger partial charge in [-0.2, -0.15) is 0 Å². The van der Waals surface area contributed by atoms with Crippen molar-refractivity contribution < 1.29 is 19.1 Å². The second-order valence-corrected chi connectivity index (χ2v) is 11.5. The van der Waals surface area contributed by atoms with Crippen LogP contribution in [0.25, 0.3) is 0 Å². The maximum Gasteiger partial charge on any atom is 0.407 e. The van der Waals surface area contributed by atoms with Gasteiger partial charge in [0.2, 0.25) is 0 Å². The first-order chi connectivity index (χ1) is 16.2. The summed E-state index contributed by atoms with van der Waals surface area (Å²) in [5, 5.41) is 2.83. The Labute approximate surface area is 204 Å². The van der Waals surface area contributed by atoms with Gasteiger partial charge in [-0.05, 0) is 89.4 Å². The summed E-state index contributed by atoms with van der Waals surface area (Å²) in [6.07, 6.45) is 8.70. The third-order valence-electron chi connectivity index (χ3n) is 7.74. The summed E-state index contributed by atoms with van der Waals surface area (Å²) < 4.78 is 11.6. The minimum Gasteiger partial charge on any atom is -0.460 e. The predicted octanol–water partition coefficient (Wildman–Crippen LogP) is 4.98. The molecule has 1 amide bonds. The van der Waals surface area contributed by atoms with Crippen molar-refractivity contribution in [2.75, 3.05) is 26.2 Å². The number of nitrogens with one attached hydrogen (secondary N) is 1. The van der Waals surface area contributed by atoms with Crippen LogP contribution in [0.4, 0.5) is 4.79 Å². The van der Waals surface area contributed by atoms with Crippen LogP contribution in [0.2, 0.25) is 0 Å². The van der Waals surface area contributed by atoms with Crippen LogP contribution in [-0.2, 0) is 26.1 Å². The number of piperidine rings is 3. The third kappa shape index (κ3) is 6.12. The summed E-state index contributed by atoms with van der Waals surface area (Å²) >= 11 is 0. The van der Waals surface area contributed by atoms with Gasteiger partial charge >= 0.3 is 12.1 Å². The minimum atomic E-state index is -0.519. The summed E-state index contributed by atoms with van der Waals surface area (Å²) in [6, 6.07) is 8.51. The van der Waals surface area contributed by atoms with Gasteiger partial charge in [0.25, 0.3) is 0 Å². The lowest BCUT2D eigenvalue weighted by atomic mass is 9.69. The fourth-order valence-electron chi connectivity index (χ4n) is 5.88. The highest BCUT2D eigenvalue weighted by Gasteiger charge is 2.45. The Kier molecular flexibility index (Phi) is 7.86. The zero-order chi connectivity index (χ0) is 24.2. The molecule has 1 atom stereocenters. The Bertz CT molecular complexity index is 848. The number of esters is 1. The SMILES string of the molecule is CC(C)(C)OC(=O)NCCCc1cccc(C2(C(=O)OC3CN4CCC3CC4)CCCCC2)c1. The predicted molar refractivity (Wildman–Crippen MR) is 133 cm³/mol. The molecule has 6 heteroatoms. The average Bonchev–Trinajstić information content (AvgIpc) is 2.82. The monoisotopic (exact) mass is 470 g/mol. The molecule has 1 aromatic rings. The molecule has 1 saturated carbocycles. The van der Waals surface area contributed by atoms with Gasteiger partial charge in [0.1, 0.15) is 11.7 Å². The van der Waals surface area contributed by atoms with Gasteiger partial charge in [-0.1, -0.05) is 43.5 Å². The van der Waals surface area contributed by atoms with E-state index in [0.717, 1.165) is 76.6 Å². The summed E-state index contributed by atoms with van der Waals surface area (Å²) in [4.78, 5) is 28.0. The first kappa shape index (κ1) is 25.0. The number of nitrogens with zero attached hydrogens (tertiary/aromatic N) is 1. The lowest BCUT2D eigenvalue weighted by Crippen LogP contribution is -2.53. The fraction of sp³-hybridized carbons (Fsp3) is 0.714. The van der Waals surface area contributed by atoms with Gasteiger partial charge in [-0.25, -0.2) is 4.79 Å².